The number of aromatic nitrogens is 1. The number of aliphatic hydroxyl groups excluding tert-OH is 1. The first kappa shape index (κ1) is 8.96. The first-order chi connectivity index (χ1) is 5.77. The fraction of sp³-hybridized carbons (Fsp3) is 0.375. The molecule has 4 nitrogen and oxygen atoms in total. The van der Waals surface area contributed by atoms with Gasteiger partial charge in [0.25, 0.3) is 0 Å². The van der Waals surface area contributed by atoms with Gasteiger partial charge in [0.05, 0.1) is 13.2 Å². The fourth-order valence-corrected chi connectivity index (χ4v) is 0.880. The molecule has 1 heterocycles. The van der Waals surface area contributed by atoms with Crippen LogP contribution in [0.2, 0.25) is 0 Å². The molecule has 0 bridgehead atoms. The number of nitrogens with two attached hydrogens (primary N) is 1. The number of pyridine rings is 1. The molecule has 0 saturated heterocycles. The average molecular weight is 168 g/mol. The highest BCUT2D eigenvalue weighted by Crippen LogP contribution is 2.15. The minimum atomic E-state index is -0.637. The normalized spacial score (nSPS) is 12.6. The highest BCUT2D eigenvalue weighted by Gasteiger charge is 2.05. The Balaban J connectivity index is 2.86. The Morgan fingerprint density at radius 1 is 1.75 bits per heavy atom. The molecule has 0 aromatic carbocycles. The van der Waals surface area contributed by atoms with Crippen molar-refractivity contribution in [2.24, 2.45) is 5.73 Å². The number of hydrogen-bond donors (Lipinski definition) is 2. The largest absolute Gasteiger partial charge is 0.481 e. The first-order valence-corrected chi connectivity index (χ1v) is 3.66. The summed E-state index contributed by atoms with van der Waals surface area (Å²) in [4.78, 5) is 3.90. The molecule has 1 rings (SSSR count). The third kappa shape index (κ3) is 1.93. The van der Waals surface area contributed by atoms with E-state index in [2.05, 4.69) is 4.98 Å². The number of nitrogens with zero attached hydrogens (tertiary/aromatic N) is 1. The van der Waals surface area contributed by atoms with Crippen LogP contribution in [-0.2, 0) is 0 Å². The standard InChI is InChI=1S/C8H12N2O2/c1-12-8-4-6(2-3-10-8)7(11)5-9/h2-4,7,11H,5,9H2,1H3/t7-/m0/s1. The minimum absolute atomic E-state index is 0.202. The van der Waals surface area contributed by atoms with Crippen LogP contribution in [0.15, 0.2) is 18.3 Å². The monoisotopic (exact) mass is 168 g/mol. The van der Waals surface area contributed by atoms with Gasteiger partial charge in [-0.15, -0.1) is 0 Å². The summed E-state index contributed by atoms with van der Waals surface area (Å²) in [6.45, 7) is 0.202. The smallest absolute Gasteiger partial charge is 0.213 e. The molecule has 1 atom stereocenters. The molecule has 0 fully saturated rings. The van der Waals surface area contributed by atoms with Gasteiger partial charge < -0.3 is 15.6 Å². The van der Waals surface area contributed by atoms with E-state index >= 15 is 0 Å². The molecule has 1 aromatic heterocycles. The van der Waals surface area contributed by atoms with E-state index in [9.17, 15) is 5.11 Å². The first-order valence-electron chi connectivity index (χ1n) is 3.66. The molecule has 0 radical (unpaired) electrons. The molecule has 0 aliphatic heterocycles. The lowest BCUT2D eigenvalue weighted by atomic mass is 10.1. The van der Waals surface area contributed by atoms with Gasteiger partial charge in [-0.25, -0.2) is 4.98 Å². The molecule has 0 aliphatic carbocycles. The van der Waals surface area contributed by atoms with E-state index in [-0.39, 0.29) is 6.54 Å². The van der Waals surface area contributed by atoms with Crippen molar-refractivity contribution in [3.05, 3.63) is 23.9 Å². The van der Waals surface area contributed by atoms with Crippen LogP contribution in [0.5, 0.6) is 5.88 Å². The Labute approximate surface area is 71.0 Å². The van der Waals surface area contributed by atoms with E-state index in [1.807, 2.05) is 0 Å². The topological polar surface area (TPSA) is 68.4 Å². The van der Waals surface area contributed by atoms with E-state index in [1.165, 1.54) is 7.11 Å². The van der Waals surface area contributed by atoms with Gasteiger partial charge in [-0.2, -0.15) is 0 Å². The van der Waals surface area contributed by atoms with E-state index in [0.29, 0.717) is 5.88 Å². The van der Waals surface area contributed by atoms with Crippen LogP contribution >= 0.6 is 0 Å². The van der Waals surface area contributed by atoms with Crippen LogP contribution in [0.25, 0.3) is 0 Å². The molecule has 0 amide bonds. The Kier molecular flexibility index (Phi) is 3.01. The maximum atomic E-state index is 9.34. The van der Waals surface area contributed by atoms with E-state index in [0.717, 1.165) is 5.56 Å². The van der Waals surface area contributed by atoms with Gasteiger partial charge in [-0.05, 0) is 11.6 Å². The van der Waals surface area contributed by atoms with Crippen molar-refractivity contribution >= 4 is 0 Å². The van der Waals surface area contributed by atoms with Gasteiger partial charge in [0.2, 0.25) is 5.88 Å². The average Bonchev–Trinajstić information content (AvgIpc) is 2.17. The molecule has 1 aromatic rings. The van der Waals surface area contributed by atoms with Gasteiger partial charge >= 0.3 is 0 Å². The third-order valence-corrected chi connectivity index (χ3v) is 1.58. The Morgan fingerprint density at radius 3 is 3.08 bits per heavy atom. The summed E-state index contributed by atoms with van der Waals surface area (Å²) in [5.41, 5.74) is 6.01. The minimum Gasteiger partial charge on any atom is -0.481 e. The third-order valence-electron chi connectivity index (χ3n) is 1.58. The summed E-state index contributed by atoms with van der Waals surface area (Å²) in [6.07, 6.45) is 0.939. The van der Waals surface area contributed by atoms with E-state index < -0.39 is 6.10 Å². The molecular weight excluding hydrogens is 156 g/mol. The van der Waals surface area contributed by atoms with E-state index in [4.69, 9.17) is 10.5 Å². The second-order valence-corrected chi connectivity index (χ2v) is 2.38. The Morgan fingerprint density at radius 2 is 2.50 bits per heavy atom. The Hall–Kier alpha value is -1.13. The fourth-order valence-electron chi connectivity index (χ4n) is 0.880. The molecule has 0 saturated carbocycles. The number of aliphatic hydroxyl groups is 1. The van der Waals surface area contributed by atoms with Crippen molar-refractivity contribution in [1.29, 1.82) is 0 Å². The van der Waals surface area contributed by atoms with Crippen LogP contribution in [-0.4, -0.2) is 23.7 Å². The molecule has 12 heavy (non-hydrogen) atoms. The molecule has 0 unspecified atom stereocenters. The summed E-state index contributed by atoms with van der Waals surface area (Å²) in [5.74, 6) is 0.486. The SMILES string of the molecule is COc1cc([C@@H](O)CN)ccn1. The van der Waals surface area contributed by atoms with Crippen LogP contribution in [0, 0.1) is 0 Å². The zero-order valence-electron chi connectivity index (χ0n) is 6.90. The molecule has 4 heteroatoms. The summed E-state index contributed by atoms with van der Waals surface area (Å²) in [5, 5.41) is 9.34. The lowest BCUT2D eigenvalue weighted by molar-refractivity contribution is 0.186. The summed E-state index contributed by atoms with van der Waals surface area (Å²) in [6, 6.07) is 3.37. The maximum absolute atomic E-state index is 9.34. The van der Waals surface area contributed by atoms with Crippen molar-refractivity contribution in [2.75, 3.05) is 13.7 Å². The molecule has 66 valence electrons. The van der Waals surface area contributed by atoms with Crippen molar-refractivity contribution in [2.45, 2.75) is 6.10 Å². The quantitative estimate of drug-likeness (QED) is 0.670. The molecule has 0 aliphatic rings. The lowest BCUT2D eigenvalue weighted by Crippen LogP contribution is -2.11. The van der Waals surface area contributed by atoms with Gasteiger partial charge in [-0.3, -0.25) is 0 Å². The summed E-state index contributed by atoms with van der Waals surface area (Å²) >= 11 is 0. The van der Waals surface area contributed by atoms with Crippen LogP contribution in [0.1, 0.15) is 11.7 Å². The Bertz CT molecular complexity index is 253. The van der Waals surface area contributed by atoms with Crippen molar-refractivity contribution in [3.8, 4) is 5.88 Å². The number of hydrogen-bond acceptors (Lipinski definition) is 4. The maximum Gasteiger partial charge on any atom is 0.213 e. The van der Waals surface area contributed by atoms with Crippen LogP contribution in [0.3, 0.4) is 0 Å². The molecule has 3 N–H and O–H groups in total. The number of methoxy groups -OCH3 is 1. The zero-order chi connectivity index (χ0) is 8.97. The number of ether oxygens (including phenoxy) is 1. The van der Waals surface area contributed by atoms with Crippen LogP contribution in [0.4, 0.5) is 0 Å². The van der Waals surface area contributed by atoms with Gasteiger partial charge in [0.1, 0.15) is 0 Å². The predicted octanol–water partition coefficient (Wildman–Crippen LogP) is 0.0823. The zero-order valence-corrected chi connectivity index (χ0v) is 6.90. The van der Waals surface area contributed by atoms with Crippen molar-refractivity contribution in [1.82, 2.24) is 4.98 Å². The van der Waals surface area contributed by atoms with Gasteiger partial charge in [-0.1, -0.05) is 0 Å². The van der Waals surface area contributed by atoms with Gasteiger partial charge in [0.15, 0.2) is 0 Å². The van der Waals surface area contributed by atoms with Crippen molar-refractivity contribution in [3.63, 3.8) is 0 Å². The van der Waals surface area contributed by atoms with Crippen molar-refractivity contribution < 1.29 is 9.84 Å². The highest BCUT2D eigenvalue weighted by molar-refractivity contribution is 5.22. The molecule has 0 spiro atoms. The number of rotatable bonds is 3. The summed E-state index contributed by atoms with van der Waals surface area (Å²) < 4.78 is 4.89. The summed E-state index contributed by atoms with van der Waals surface area (Å²) in [7, 11) is 1.53. The second-order valence-electron chi connectivity index (χ2n) is 2.38. The lowest BCUT2D eigenvalue weighted by Gasteiger charge is -2.07. The van der Waals surface area contributed by atoms with Crippen LogP contribution < -0.4 is 10.5 Å². The predicted molar refractivity (Wildman–Crippen MR) is 44.8 cm³/mol. The molecular formula is C8H12N2O2. The second kappa shape index (κ2) is 4.04. The van der Waals surface area contributed by atoms with E-state index in [1.54, 1.807) is 18.3 Å². The van der Waals surface area contributed by atoms with Gasteiger partial charge in [0, 0.05) is 18.8 Å². The highest BCUT2D eigenvalue weighted by atomic mass is 16.5.